The SMILES string of the molecule is CCN(CC)CCCN=CC1C(=O)NC(=S)N(c2cc(OC)ccc2OC)C1=O. The number of ether oxygens (including phenoxy) is 2. The molecule has 0 bridgehead atoms. The summed E-state index contributed by atoms with van der Waals surface area (Å²) in [4.78, 5) is 33.2. The normalized spacial score (nSPS) is 17.2. The van der Waals surface area contributed by atoms with E-state index in [0.29, 0.717) is 23.7 Å². The summed E-state index contributed by atoms with van der Waals surface area (Å²) in [6, 6.07) is 5.03. The third kappa shape index (κ3) is 5.51. The number of methoxy groups -OCH3 is 2. The number of nitrogens with zero attached hydrogens (tertiary/aromatic N) is 3. The molecule has 1 unspecified atom stereocenters. The van der Waals surface area contributed by atoms with Crippen molar-refractivity contribution in [3.05, 3.63) is 18.2 Å². The van der Waals surface area contributed by atoms with Gasteiger partial charge in [0.25, 0.3) is 5.91 Å². The van der Waals surface area contributed by atoms with Crippen LogP contribution in [0.3, 0.4) is 0 Å². The van der Waals surface area contributed by atoms with Crippen molar-refractivity contribution in [2.45, 2.75) is 20.3 Å². The van der Waals surface area contributed by atoms with Gasteiger partial charge in [-0.25, -0.2) is 0 Å². The summed E-state index contributed by atoms with van der Waals surface area (Å²) < 4.78 is 10.6. The van der Waals surface area contributed by atoms with Gasteiger partial charge in [-0.2, -0.15) is 0 Å². The number of carbonyl (C=O) groups is 2. The monoisotopic (exact) mass is 420 g/mol. The van der Waals surface area contributed by atoms with Crippen LogP contribution in [-0.2, 0) is 9.59 Å². The number of aliphatic imine (C=N–C) groups is 1. The van der Waals surface area contributed by atoms with Crippen molar-refractivity contribution in [1.29, 1.82) is 0 Å². The third-order valence-corrected chi connectivity index (χ3v) is 5.02. The molecule has 158 valence electrons. The molecular weight excluding hydrogens is 392 g/mol. The van der Waals surface area contributed by atoms with Gasteiger partial charge >= 0.3 is 0 Å². The smallest absolute Gasteiger partial charge is 0.251 e. The van der Waals surface area contributed by atoms with Gasteiger partial charge in [0, 0.05) is 18.8 Å². The number of carbonyl (C=O) groups excluding carboxylic acids is 2. The zero-order valence-electron chi connectivity index (χ0n) is 17.3. The third-order valence-electron chi connectivity index (χ3n) is 4.74. The summed E-state index contributed by atoms with van der Waals surface area (Å²) >= 11 is 5.24. The second kappa shape index (κ2) is 10.9. The molecule has 1 heterocycles. The molecule has 1 atom stereocenters. The highest BCUT2D eigenvalue weighted by Crippen LogP contribution is 2.34. The summed E-state index contributed by atoms with van der Waals surface area (Å²) in [5, 5.41) is 2.57. The van der Waals surface area contributed by atoms with E-state index in [1.54, 1.807) is 18.2 Å². The molecule has 1 N–H and O–H groups in total. The zero-order valence-corrected chi connectivity index (χ0v) is 18.1. The molecule has 2 rings (SSSR count). The van der Waals surface area contributed by atoms with Gasteiger partial charge in [0.05, 0.1) is 19.9 Å². The van der Waals surface area contributed by atoms with E-state index in [0.717, 1.165) is 26.1 Å². The highest BCUT2D eigenvalue weighted by atomic mass is 32.1. The number of amides is 2. The molecule has 1 saturated heterocycles. The fraction of sp³-hybridized carbons (Fsp3) is 0.500. The lowest BCUT2D eigenvalue weighted by atomic mass is 10.1. The lowest BCUT2D eigenvalue weighted by molar-refractivity contribution is -0.130. The van der Waals surface area contributed by atoms with Crippen LogP contribution < -0.4 is 19.7 Å². The van der Waals surface area contributed by atoms with Crippen molar-refractivity contribution in [1.82, 2.24) is 10.2 Å². The Balaban J connectivity index is 2.16. The molecular formula is C20H28N4O4S. The highest BCUT2D eigenvalue weighted by molar-refractivity contribution is 7.80. The Hall–Kier alpha value is -2.52. The van der Waals surface area contributed by atoms with Crippen LogP contribution in [0.5, 0.6) is 11.5 Å². The first-order valence-corrected chi connectivity index (χ1v) is 10.0. The molecule has 0 radical (unpaired) electrons. The van der Waals surface area contributed by atoms with Crippen LogP contribution in [0.25, 0.3) is 0 Å². The van der Waals surface area contributed by atoms with Crippen molar-refractivity contribution < 1.29 is 19.1 Å². The Morgan fingerprint density at radius 2 is 1.97 bits per heavy atom. The average molecular weight is 421 g/mol. The number of anilines is 1. The van der Waals surface area contributed by atoms with E-state index < -0.39 is 17.7 Å². The van der Waals surface area contributed by atoms with Crippen LogP contribution in [0.1, 0.15) is 20.3 Å². The zero-order chi connectivity index (χ0) is 21.4. The summed E-state index contributed by atoms with van der Waals surface area (Å²) in [5.74, 6) is -1.03. The Kier molecular flexibility index (Phi) is 8.53. The number of rotatable bonds is 10. The van der Waals surface area contributed by atoms with Crippen molar-refractivity contribution in [3.8, 4) is 11.5 Å². The number of thiocarbonyl (C=S) groups is 1. The van der Waals surface area contributed by atoms with Gasteiger partial charge in [-0.1, -0.05) is 13.8 Å². The quantitative estimate of drug-likeness (QED) is 0.269. The van der Waals surface area contributed by atoms with Crippen LogP contribution in [0.2, 0.25) is 0 Å². The molecule has 1 aromatic rings. The molecule has 1 aliphatic rings. The summed E-state index contributed by atoms with van der Waals surface area (Å²) in [7, 11) is 3.02. The van der Waals surface area contributed by atoms with Crippen molar-refractivity contribution >= 4 is 41.0 Å². The van der Waals surface area contributed by atoms with E-state index >= 15 is 0 Å². The van der Waals surface area contributed by atoms with Crippen LogP contribution >= 0.6 is 12.2 Å². The lowest BCUT2D eigenvalue weighted by Crippen LogP contribution is -2.58. The first-order valence-electron chi connectivity index (χ1n) is 9.59. The number of nitrogens with one attached hydrogen (secondary N) is 1. The molecule has 1 fully saturated rings. The van der Waals surface area contributed by atoms with E-state index in [2.05, 4.69) is 29.1 Å². The molecule has 29 heavy (non-hydrogen) atoms. The topological polar surface area (TPSA) is 83.5 Å². The average Bonchev–Trinajstić information content (AvgIpc) is 2.72. The molecule has 0 aromatic heterocycles. The lowest BCUT2D eigenvalue weighted by Gasteiger charge is -2.31. The predicted octanol–water partition coefficient (Wildman–Crippen LogP) is 1.87. The molecule has 2 amide bonds. The molecule has 0 spiro atoms. The Morgan fingerprint density at radius 3 is 2.59 bits per heavy atom. The fourth-order valence-electron chi connectivity index (χ4n) is 3.03. The number of hydrogen-bond donors (Lipinski definition) is 1. The molecule has 0 aliphatic carbocycles. The van der Waals surface area contributed by atoms with E-state index in [9.17, 15) is 9.59 Å². The second-order valence-corrected chi connectivity index (χ2v) is 6.81. The Morgan fingerprint density at radius 1 is 1.24 bits per heavy atom. The van der Waals surface area contributed by atoms with Gasteiger partial charge < -0.3 is 19.7 Å². The summed E-state index contributed by atoms with van der Waals surface area (Å²) in [5.41, 5.74) is 0.404. The van der Waals surface area contributed by atoms with E-state index in [-0.39, 0.29) is 5.11 Å². The maximum absolute atomic E-state index is 13.1. The van der Waals surface area contributed by atoms with Gasteiger partial charge in [-0.3, -0.25) is 19.5 Å². The molecule has 8 nitrogen and oxygen atoms in total. The number of benzene rings is 1. The second-order valence-electron chi connectivity index (χ2n) is 6.42. The van der Waals surface area contributed by atoms with Crippen LogP contribution in [0.4, 0.5) is 5.69 Å². The minimum atomic E-state index is -1.05. The van der Waals surface area contributed by atoms with E-state index in [1.807, 2.05) is 0 Å². The van der Waals surface area contributed by atoms with Gasteiger partial charge in [-0.05, 0) is 50.4 Å². The van der Waals surface area contributed by atoms with Crippen molar-refractivity contribution in [2.75, 3.05) is 45.3 Å². The van der Waals surface area contributed by atoms with Gasteiger partial charge in [-0.15, -0.1) is 0 Å². The summed E-state index contributed by atoms with van der Waals surface area (Å²) in [6.45, 7) is 7.66. The largest absolute Gasteiger partial charge is 0.497 e. The molecule has 1 aromatic carbocycles. The predicted molar refractivity (Wildman–Crippen MR) is 117 cm³/mol. The number of hydrogen-bond acceptors (Lipinski definition) is 7. The highest BCUT2D eigenvalue weighted by Gasteiger charge is 2.39. The van der Waals surface area contributed by atoms with E-state index in [1.165, 1.54) is 25.3 Å². The van der Waals surface area contributed by atoms with Gasteiger partial charge in [0.15, 0.2) is 11.0 Å². The maximum Gasteiger partial charge on any atom is 0.251 e. The van der Waals surface area contributed by atoms with Gasteiger partial charge in [0.2, 0.25) is 5.91 Å². The first-order chi connectivity index (χ1) is 14.0. The molecule has 1 aliphatic heterocycles. The standard InChI is InChI=1S/C20H28N4O4S/c1-5-23(6-2)11-7-10-21-13-15-18(25)22-20(29)24(19(15)26)16-12-14(27-3)8-9-17(16)28-4/h8-9,12-13,15H,5-7,10-11H2,1-4H3,(H,22,25,29). The molecule has 9 heteroatoms. The maximum atomic E-state index is 13.1. The first kappa shape index (κ1) is 22.8. The van der Waals surface area contributed by atoms with Crippen molar-refractivity contribution in [2.24, 2.45) is 10.9 Å². The van der Waals surface area contributed by atoms with Gasteiger partial charge in [0.1, 0.15) is 11.5 Å². The summed E-state index contributed by atoms with van der Waals surface area (Å²) in [6.07, 6.45) is 2.26. The minimum absolute atomic E-state index is 0.00210. The van der Waals surface area contributed by atoms with Crippen LogP contribution in [0.15, 0.2) is 23.2 Å². The van der Waals surface area contributed by atoms with Crippen LogP contribution in [0, 0.1) is 5.92 Å². The Bertz CT molecular complexity index is 780. The van der Waals surface area contributed by atoms with Crippen molar-refractivity contribution in [3.63, 3.8) is 0 Å². The minimum Gasteiger partial charge on any atom is -0.497 e. The van der Waals surface area contributed by atoms with Crippen LogP contribution in [-0.4, -0.2) is 68.4 Å². The fourth-order valence-corrected chi connectivity index (χ4v) is 3.32. The van der Waals surface area contributed by atoms with E-state index in [4.69, 9.17) is 21.7 Å². The molecule has 0 saturated carbocycles. The Labute approximate surface area is 176 Å².